The molecule has 0 spiro atoms. The first-order valence-corrected chi connectivity index (χ1v) is 6.64. The SMILES string of the molecule is CN1CCN(NC(=O)C(=O)Nc2ccc(C#N)cc2)CC1. The maximum Gasteiger partial charge on any atom is 0.323 e. The summed E-state index contributed by atoms with van der Waals surface area (Å²) in [5.74, 6) is -1.41. The first kappa shape index (κ1) is 15.0. The van der Waals surface area contributed by atoms with Gasteiger partial charge in [0, 0.05) is 31.9 Å². The van der Waals surface area contributed by atoms with Crippen molar-refractivity contribution in [2.75, 3.05) is 38.5 Å². The van der Waals surface area contributed by atoms with Crippen LogP contribution in [0.5, 0.6) is 0 Å². The quantitative estimate of drug-likeness (QED) is 0.734. The van der Waals surface area contributed by atoms with E-state index in [1.807, 2.05) is 13.1 Å². The number of rotatable bonds is 2. The van der Waals surface area contributed by atoms with E-state index in [1.54, 1.807) is 29.3 Å². The van der Waals surface area contributed by atoms with Crippen LogP contribution in [0, 0.1) is 11.3 Å². The lowest BCUT2D eigenvalue weighted by Crippen LogP contribution is -2.54. The number of anilines is 1. The third-order valence-electron chi connectivity index (χ3n) is 3.24. The van der Waals surface area contributed by atoms with Gasteiger partial charge < -0.3 is 10.2 Å². The molecular formula is C14H17N5O2. The molecule has 0 radical (unpaired) electrons. The van der Waals surface area contributed by atoms with Gasteiger partial charge in [-0.1, -0.05) is 0 Å². The number of likely N-dealkylation sites (N-methyl/N-ethyl adjacent to an activating group) is 1. The van der Waals surface area contributed by atoms with E-state index >= 15 is 0 Å². The Morgan fingerprint density at radius 1 is 1.10 bits per heavy atom. The smallest absolute Gasteiger partial charge is 0.318 e. The number of benzene rings is 1. The van der Waals surface area contributed by atoms with E-state index in [-0.39, 0.29) is 0 Å². The number of carbonyl (C=O) groups excluding carboxylic acids is 2. The van der Waals surface area contributed by atoms with Crippen molar-refractivity contribution in [3.05, 3.63) is 29.8 Å². The molecular weight excluding hydrogens is 270 g/mol. The first-order chi connectivity index (χ1) is 10.1. The molecule has 1 heterocycles. The molecule has 0 unspecified atom stereocenters. The molecule has 2 rings (SSSR count). The van der Waals surface area contributed by atoms with Crippen LogP contribution in [0.15, 0.2) is 24.3 Å². The molecule has 0 atom stereocenters. The highest BCUT2D eigenvalue weighted by Gasteiger charge is 2.20. The second-order valence-corrected chi connectivity index (χ2v) is 4.87. The molecule has 1 aliphatic rings. The maximum atomic E-state index is 11.8. The van der Waals surface area contributed by atoms with Crippen LogP contribution in [0.2, 0.25) is 0 Å². The fourth-order valence-corrected chi connectivity index (χ4v) is 1.93. The monoisotopic (exact) mass is 287 g/mol. The van der Waals surface area contributed by atoms with Crippen molar-refractivity contribution in [3.63, 3.8) is 0 Å². The van der Waals surface area contributed by atoms with E-state index in [0.29, 0.717) is 24.3 Å². The largest absolute Gasteiger partial charge is 0.323 e. The predicted molar refractivity (Wildman–Crippen MR) is 77.0 cm³/mol. The van der Waals surface area contributed by atoms with Crippen molar-refractivity contribution in [2.45, 2.75) is 0 Å². The lowest BCUT2D eigenvalue weighted by Gasteiger charge is -2.32. The number of carbonyl (C=O) groups is 2. The Balaban J connectivity index is 1.84. The van der Waals surface area contributed by atoms with E-state index in [4.69, 9.17) is 5.26 Å². The molecule has 0 aromatic heterocycles. The highest BCUT2D eigenvalue weighted by Crippen LogP contribution is 2.08. The summed E-state index contributed by atoms with van der Waals surface area (Å²) >= 11 is 0. The van der Waals surface area contributed by atoms with Gasteiger partial charge in [-0.3, -0.25) is 15.0 Å². The van der Waals surface area contributed by atoms with Crippen molar-refractivity contribution in [1.82, 2.24) is 15.3 Å². The molecule has 1 saturated heterocycles. The van der Waals surface area contributed by atoms with Crippen molar-refractivity contribution in [2.24, 2.45) is 0 Å². The van der Waals surface area contributed by atoms with E-state index < -0.39 is 11.8 Å². The minimum absolute atomic E-state index is 0.479. The lowest BCUT2D eigenvalue weighted by molar-refractivity contribution is -0.139. The fraction of sp³-hybridized carbons (Fsp3) is 0.357. The molecule has 0 bridgehead atoms. The first-order valence-electron chi connectivity index (χ1n) is 6.64. The molecule has 2 N–H and O–H groups in total. The van der Waals surface area contributed by atoms with Crippen molar-refractivity contribution in [3.8, 4) is 6.07 Å². The molecule has 1 aromatic rings. The highest BCUT2D eigenvalue weighted by atomic mass is 16.2. The topological polar surface area (TPSA) is 88.5 Å². The van der Waals surface area contributed by atoms with Gasteiger partial charge in [0.1, 0.15) is 0 Å². The Hall–Kier alpha value is -2.43. The third-order valence-corrected chi connectivity index (χ3v) is 3.24. The van der Waals surface area contributed by atoms with Crippen molar-refractivity contribution in [1.29, 1.82) is 5.26 Å². The number of nitriles is 1. The van der Waals surface area contributed by atoms with Crippen molar-refractivity contribution >= 4 is 17.5 Å². The predicted octanol–water partition coefficient (Wildman–Crippen LogP) is -0.225. The Kier molecular flexibility index (Phi) is 4.87. The van der Waals surface area contributed by atoms with Gasteiger partial charge in [0.2, 0.25) is 0 Å². The van der Waals surface area contributed by atoms with E-state index in [9.17, 15) is 9.59 Å². The Bertz CT molecular complexity index is 556. The molecule has 7 heteroatoms. The number of hydrogen-bond donors (Lipinski definition) is 2. The van der Waals surface area contributed by atoms with Crippen LogP contribution in [0.3, 0.4) is 0 Å². The average molecular weight is 287 g/mol. The van der Waals surface area contributed by atoms with Gasteiger partial charge in [0.05, 0.1) is 11.6 Å². The van der Waals surface area contributed by atoms with Crippen LogP contribution < -0.4 is 10.7 Å². The zero-order valence-electron chi connectivity index (χ0n) is 11.8. The van der Waals surface area contributed by atoms with Gasteiger partial charge in [0.15, 0.2) is 0 Å². The summed E-state index contributed by atoms with van der Waals surface area (Å²) in [4.78, 5) is 25.7. The summed E-state index contributed by atoms with van der Waals surface area (Å²) in [6.07, 6.45) is 0. The zero-order valence-corrected chi connectivity index (χ0v) is 11.8. The summed E-state index contributed by atoms with van der Waals surface area (Å²) in [5.41, 5.74) is 3.56. The Labute approximate surface area is 123 Å². The summed E-state index contributed by atoms with van der Waals surface area (Å²) in [6.45, 7) is 3.06. The molecule has 1 aliphatic heterocycles. The number of amides is 2. The third kappa shape index (κ3) is 4.27. The summed E-state index contributed by atoms with van der Waals surface area (Å²) < 4.78 is 0. The minimum atomic E-state index is -0.723. The number of piperazine rings is 1. The average Bonchev–Trinajstić information content (AvgIpc) is 2.50. The number of nitrogens with one attached hydrogen (secondary N) is 2. The molecule has 7 nitrogen and oxygen atoms in total. The van der Waals surface area contributed by atoms with Crippen LogP contribution in [-0.4, -0.2) is 54.9 Å². The van der Waals surface area contributed by atoms with Gasteiger partial charge >= 0.3 is 11.8 Å². The Morgan fingerprint density at radius 2 is 1.71 bits per heavy atom. The van der Waals surface area contributed by atoms with Crippen LogP contribution in [0.25, 0.3) is 0 Å². The van der Waals surface area contributed by atoms with Crippen LogP contribution in [0.1, 0.15) is 5.56 Å². The summed E-state index contributed by atoms with van der Waals surface area (Å²) in [6, 6.07) is 8.31. The zero-order chi connectivity index (χ0) is 15.2. The number of hydrogen-bond acceptors (Lipinski definition) is 5. The van der Waals surface area contributed by atoms with Crippen LogP contribution >= 0.6 is 0 Å². The molecule has 0 saturated carbocycles. The molecule has 21 heavy (non-hydrogen) atoms. The van der Waals surface area contributed by atoms with E-state index in [2.05, 4.69) is 15.6 Å². The van der Waals surface area contributed by atoms with E-state index in [1.165, 1.54) is 0 Å². The second kappa shape index (κ2) is 6.83. The van der Waals surface area contributed by atoms with Crippen LogP contribution in [0.4, 0.5) is 5.69 Å². The lowest BCUT2D eigenvalue weighted by atomic mass is 10.2. The molecule has 2 amide bonds. The van der Waals surface area contributed by atoms with Crippen LogP contribution in [-0.2, 0) is 9.59 Å². The summed E-state index contributed by atoms with van der Waals surface area (Å²) in [7, 11) is 2.01. The van der Waals surface area contributed by atoms with Gasteiger partial charge in [-0.05, 0) is 31.3 Å². The normalized spacial score (nSPS) is 16.0. The van der Waals surface area contributed by atoms with Gasteiger partial charge in [-0.15, -0.1) is 0 Å². The molecule has 0 aliphatic carbocycles. The van der Waals surface area contributed by atoms with Gasteiger partial charge in [-0.25, -0.2) is 5.01 Å². The summed E-state index contributed by atoms with van der Waals surface area (Å²) in [5, 5.41) is 12.9. The maximum absolute atomic E-state index is 11.8. The standard InChI is InChI=1S/C14H17N5O2/c1-18-6-8-19(9-7-18)17-14(21)13(20)16-12-4-2-11(10-15)3-5-12/h2-5H,6-9H2,1H3,(H,16,20)(H,17,21). The molecule has 1 fully saturated rings. The molecule has 110 valence electrons. The highest BCUT2D eigenvalue weighted by molar-refractivity contribution is 6.39. The minimum Gasteiger partial charge on any atom is -0.318 e. The Morgan fingerprint density at radius 3 is 2.29 bits per heavy atom. The molecule has 1 aromatic carbocycles. The van der Waals surface area contributed by atoms with E-state index in [0.717, 1.165) is 13.1 Å². The second-order valence-electron chi connectivity index (χ2n) is 4.87. The van der Waals surface area contributed by atoms with Crippen molar-refractivity contribution < 1.29 is 9.59 Å². The number of hydrazine groups is 1. The van der Waals surface area contributed by atoms with Gasteiger partial charge in [0.25, 0.3) is 0 Å². The van der Waals surface area contributed by atoms with Gasteiger partial charge in [-0.2, -0.15) is 5.26 Å². The fourth-order valence-electron chi connectivity index (χ4n) is 1.93. The number of nitrogens with zero attached hydrogens (tertiary/aromatic N) is 3.